The Bertz CT molecular complexity index is 1300. The molecule has 2 aromatic carbocycles. The molecule has 0 aliphatic rings. The van der Waals surface area contributed by atoms with Crippen LogP contribution in [0.2, 0.25) is 0 Å². The van der Waals surface area contributed by atoms with E-state index < -0.39 is 5.69 Å². The number of benzene rings is 2. The van der Waals surface area contributed by atoms with E-state index in [1.165, 1.54) is 28.4 Å². The maximum atomic E-state index is 11.7. The summed E-state index contributed by atoms with van der Waals surface area (Å²) in [7, 11) is 5.69. The molecule has 0 spiro atoms. The summed E-state index contributed by atoms with van der Waals surface area (Å²) in [6.45, 7) is 18.9. The molecule has 0 heterocycles. The van der Waals surface area contributed by atoms with Crippen LogP contribution in [0.5, 0.6) is 0 Å². The molecule has 0 atom stereocenters. The first-order valence-corrected chi connectivity index (χ1v) is 16.3. The van der Waals surface area contributed by atoms with Crippen molar-refractivity contribution in [2.45, 2.75) is 60.8 Å². The van der Waals surface area contributed by atoms with E-state index in [1.807, 2.05) is 53.7 Å². The Balaban J connectivity index is 0. The van der Waals surface area contributed by atoms with Crippen molar-refractivity contribution in [3.8, 4) is 0 Å². The van der Waals surface area contributed by atoms with Crippen molar-refractivity contribution in [3.63, 3.8) is 0 Å². The number of nitrogens with two attached hydrogens (primary N) is 1. The number of hydrogen-bond acceptors (Lipinski definition) is 8. The summed E-state index contributed by atoms with van der Waals surface area (Å²) in [5, 5.41) is 0. The lowest BCUT2D eigenvalue weighted by molar-refractivity contribution is 0.0590. The van der Waals surface area contributed by atoms with Gasteiger partial charge in [-0.2, -0.15) is 0 Å². The highest BCUT2D eigenvalue weighted by atomic mass is 32.9. The highest BCUT2D eigenvalue weighted by Crippen LogP contribution is 2.51. The molecule has 0 aromatic heterocycles. The lowest BCUT2D eigenvalue weighted by Crippen LogP contribution is -2.15. The number of methoxy groups -OCH3 is 2. The maximum Gasteiger partial charge on any atom is 0.338 e. The van der Waals surface area contributed by atoms with Gasteiger partial charge in [-0.25, -0.2) is 14.4 Å². The van der Waals surface area contributed by atoms with Crippen LogP contribution in [0.25, 0.3) is 4.85 Å². The fourth-order valence-electron chi connectivity index (χ4n) is 3.44. The summed E-state index contributed by atoms with van der Waals surface area (Å²) in [5.74, 6) is -0.268. The molecule has 0 unspecified atom stereocenters. The van der Waals surface area contributed by atoms with Crippen molar-refractivity contribution in [1.29, 1.82) is 0 Å². The van der Waals surface area contributed by atoms with E-state index in [0.29, 0.717) is 21.8 Å². The first-order chi connectivity index (χ1) is 18.5. The summed E-state index contributed by atoms with van der Waals surface area (Å²) in [4.78, 5) is 27.0. The molecule has 228 valence electrons. The van der Waals surface area contributed by atoms with E-state index in [1.54, 1.807) is 12.1 Å². The van der Waals surface area contributed by atoms with E-state index >= 15 is 0 Å². The van der Waals surface area contributed by atoms with Gasteiger partial charge in [-0.3, -0.25) is 0 Å². The van der Waals surface area contributed by atoms with E-state index in [4.69, 9.17) is 34.0 Å². The standard InChI is InChI=1S/C13H17NO2S.C13H15NO2.C2H7O2PS2.CH4/c1-7(2)9-5-8(3)10(12(14)17)6-11(9)13(15)16-4;1-8(2)10-6-9(3)12(14-4)7-11(10)13(15)16-5;1-3-5(6,7)4-2;/h5-7H,1-4H3,(H2,14,17);6-8H,1-3,5H3;1-2H3,(H,6,7);1H4. The summed E-state index contributed by atoms with van der Waals surface area (Å²) in [6, 6.07) is 7.18. The third-order valence-corrected chi connectivity index (χ3v) is 8.68. The molecule has 2 N–H and O–H groups in total. The molecule has 0 aliphatic carbocycles. The number of ether oxygens (including phenoxy) is 2. The van der Waals surface area contributed by atoms with Crippen LogP contribution < -0.4 is 5.73 Å². The molecule has 41 heavy (non-hydrogen) atoms. The SMILES string of the molecule is C.COC(=O)c1cc(C(N)=S)c(C)cc1C(C)C.COP(=S)(S)OC.[C-]#[N+]c1cc(C(=O)OC)c(C(C)C)cc1C. The minimum atomic E-state index is -2.13. The molecule has 0 saturated heterocycles. The number of thiol groups is 1. The van der Waals surface area contributed by atoms with Gasteiger partial charge in [-0.1, -0.05) is 71.7 Å². The number of carbonyl (C=O) groups excluding carboxylic acids is 2. The van der Waals surface area contributed by atoms with Crippen LogP contribution in [0.3, 0.4) is 0 Å². The fourth-order valence-corrected chi connectivity index (χ4v) is 3.81. The largest absolute Gasteiger partial charge is 0.465 e. The number of aryl methyl sites for hydroxylation is 2. The topological polar surface area (TPSA) is 101 Å². The molecule has 0 fully saturated rings. The quantitative estimate of drug-likeness (QED) is 0.102. The monoisotopic (exact) mass is 642 g/mol. The molecule has 0 amide bonds. The van der Waals surface area contributed by atoms with Gasteiger partial charge in [0.25, 0.3) is 0 Å². The zero-order chi connectivity index (χ0) is 31.4. The highest BCUT2D eigenvalue weighted by Gasteiger charge is 2.18. The summed E-state index contributed by atoms with van der Waals surface area (Å²) in [5.41, 5.74) is 9.52. The van der Waals surface area contributed by atoms with Crippen LogP contribution in [-0.2, 0) is 30.3 Å². The van der Waals surface area contributed by atoms with Gasteiger partial charge < -0.3 is 24.3 Å². The van der Waals surface area contributed by atoms with Crippen LogP contribution in [0.15, 0.2) is 24.3 Å². The molecular weight excluding hydrogens is 600 g/mol. The summed E-state index contributed by atoms with van der Waals surface area (Å²) < 4.78 is 18.8. The van der Waals surface area contributed by atoms with Crippen molar-refractivity contribution in [1.82, 2.24) is 0 Å². The number of carbonyl (C=O) groups is 2. The highest BCUT2D eigenvalue weighted by molar-refractivity contribution is 8.60. The second-order valence-electron chi connectivity index (χ2n) is 9.08. The average molecular weight is 643 g/mol. The normalized spacial score (nSPS) is 10.2. The molecule has 0 aliphatic heterocycles. The first kappa shape index (κ1) is 40.8. The minimum Gasteiger partial charge on any atom is -0.465 e. The van der Waals surface area contributed by atoms with Crippen LogP contribution in [-0.4, -0.2) is 45.4 Å². The third-order valence-electron chi connectivity index (χ3n) is 5.67. The zero-order valence-electron chi connectivity index (χ0n) is 24.6. The zero-order valence-corrected chi connectivity index (χ0v) is 28.1. The lowest BCUT2D eigenvalue weighted by atomic mass is 9.92. The Morgan fingerprint density at radius 1 is 0.854 bits per heavy atom. The Kier molecular flexibility index (Phi) is 18.9. The molecule has 2 aromatic rings. The van der Waals surface area contributed by atoms with Crippen LogP contribution in [0, 0.1) is 20.4 Å². The van der Waals surface area contributed by atoms with Crippen molar-refractivity contribution in [3.05, 3.63) is 74.6 Å². The number of nitrogens with zero attached hydrogens (tertiary/aromatic N) is 1. The molecule has 2 rings (SSSR count). The number of rotatable bonds is 7. The first-order valence-electron chi connectivity index (χ1n) is 12.1. The fraction of sp³-hybridized carbons (Fsp3) is 0.448. The van der Waals surface area contributed by atoms with Gasteiger partial charge in [0, 0.05) is 19.8 Å². The average Bonchev–Trinajstić information content (AvgIpc) is 2.92. The van der Waals surface area contributed by atoms with Crippen molar-refractivity contribution < 1.29 is 28.1 Å². The molecule has 0 bridgehead atoms. The summed E-state index contributed by atoms with van der Waals surface area (Å²) >= 11 is 13.5. The summed E-state index contributed by atoms with van der Waals surface area (Å²) in [6.07, 6.45) is 0. The van der Waals surface area contributed by atoms with Gasteiger partial charge in [0.15, 0.2) is 5.69 Å². The van der Waals surface area contributed by atoms with Crippen molar-refractivity contribution >= 4 is 64.6 Å². The molecule has 0 saturated carbocycles. The van der Waals surface area contributed by atoms with Gasteiger partial charge in [0.1, 0.15) is 4.99 Å². The van der Waals surface area contributed by atoms with Crippen LogP contribution in [0.4, 0.5) is 5.69 Å². The van der Waals surface area contributed by atoms with E-state index in [2.05, 4.69) is 37.9 Å². The predicted octanol–water partition coefficient (Wildman–Crippen LogP) is 8.06. The van der Waals surface area contributed by atoms with E-state index in [-0.39, 0.29) is 31.2 Å². The molecular formula is C29H43N2O6PS3. The van der Waals surface area contributed by atoms with Gasteiger partial charge in [-0.15, -0.1) is 0 Å². The smallest absolute Gasteiger partial charge is 0.338 e. The van der Waals surface area contributed by atoms with E-state index in [9.17, 15) is 9.59 Å². The Morgan fingerprint density at radius 2 is 1.24 bits per heavy atom. The van der Waals surface area contributed by atoms with Crippen LogP contribution in [0.1, 0.15) is 95.5 Å². The Labute approximate surface area is 261 Å². The van der Waals surface area contributed by atoms with Gasteiger partial charge in [0.2, 0.25) is 5.69 Å². The van der Waals surface area contributed by atoms with Crippen molar-refractivity contribution in [2.75, 3.05) is 28.4 Å². The third kappa shape index (κ3) is 12.6. The van der Waals surface area contributed by atoms with Crippen LogP contribution >= 0.6 is 30.2 Å². The van der Waals surface area contributed by atoms with Gasteiger partial charge in [-0.05, 0) is 71.9 Å². The second-order valence-corrected chi connectivity index (χ2v) is 15.0. The van der Waals surface area contributed by atoms with Gasteiger partial charge >= 0.3 is 11.9 Å². The number of hydrogen-bond donors (Lipinski definition) is 2. The lowest BCUT2D eigenvalue weighted by Gasteiger charge is -2.15. The van der Waals surface area contributed by atoms with Crippen molar-refractivity contribution in [2.24, 2.45) is 5.73 Å². The predicted molar refractivity (Wildman–Crippen MR) is 179 cm³/mol. The minimum absolute atomic E-state index is 0. The molecule has 12 heteroatoms. The second kappa shape index (κ2) is 19.0. The number of esters is 2. The Hall–Kier alpha value is -2.32. The number of thiocarbonyl (C=S) groups is 1. The molecule has 0 radical (unpaired) electrons. The Morgan fingerprint density at radius 3 is 1.54 bits per heavy atom. The molecule has 8 nitrogen and oxygen atoms in total. The van der Waals surface area contributed by atoms with E-state index in [0.717, 1.165) is 27.8 Å². The van der Waals surface area contributed by atoms with Gasteiger partial charge in [0.05, 0.1) is 31.9 Å². The maximum absolute atomic E-state index is 11.7.